The highest BCUT2D eigenvalue weighted by molar-refractivity contribution is 5.34. The molecule has 1 aliphatic rings. The Morgan fingerprint density at radius 3 is 3.00 bits per heavy atom. The number of benzene rings is 1. The third-order valence-corrected chi connectivity index (χ3v) is 3.69. The van der Waals surface area contributed by atoms with Gasteiger partial charge in [0.1, 0.15) is 0 Å². The van der Waals surface area contributed by atoms with Gasteiger partial charge >= 0.3 is 5.69 Å². The third-order valence-electron chi connectivity index (χ3n) is 3.69. The maximum absolute atomic E-state index is 13.5. The molecule has 1 aromatic carbocycles. The Labute approximate surface area is 117 Å². The summed E-state index contributed by atoms with van der Waals surface area (Å²) in [5.41, 5.74) is 0.226. The van der Waals surface area contributed by atoms with Gasteiger partial charge in [-0.1, -0.05) is 13.0 Å². The molecule has 1 N–H and O–H groups in total. The SMILES string of the molecule is CCC1OCCC1CNCc1ccc([N+](=O)[O-])c(F)c1. The lowest BCUT2D eigenvalue weighted by molar-refractivity contribution is -0.387. The first-order chi connectivity index (χ1) is 9.61. The molecule has 110 valence electrons. The van der Waals surface area contributed by atoms with Gasteiger partial charge < -0.3 is 10.1 Å². The van der Waals surface area contributed by atoms with E-state index in [-0.39, 0.29) is 0 Å². The van der Waals surface area contributed by atoms with Gasteiger partial charge in [-0.15, -0.1) is 0 Å². The van der Waals surface area contributed by atoms with E-state index in [4.69, 9.17) is 4.74 Å². The second-order valence-electron chi connectivity index (χ2n) is 5.04. The maximum Gasteiger partial charge on any atom is 0.304 e. The molecule has 2 unspecified atom stereocenters. The minimum atomic E-state index is -0.787. The number of hydrogen-bond acceptors (Lipinski definition) is 4. The predicted octanol–water partition coefficient (Wildman–Crippen LogP) is 2.64. The van der Waals surface area contributed by atoms with E-state index < -0.39 is 16.4 Å². The molecule has 5 nitrogen and oxygen atoms in total. The molecule has 0 aliphatic carbocycles. The van der Waals surface area contributed by atoms with E-state index in [1.165, 1.54) is 12.1 Å². The van der Waals surface area contributed by atoms with Crippen LogP contribution in [0.25, 0.3) is 0 Å². The Balaban J connectivity index is 1.85. The summed E-state index contributed by atoms with van der Waals surface area (Å²) in [4.78, 5) is 9.81. The van der Waals surface area contributed by atoms with Crippen molar-refractivity contribution in [2.75, 3.05) is 13.2 Å². The first-order valence-corrected chi connectivity index (χ1v) is 6.87. The number of nitro benzene ring substituents is 1. The quantitative estimate of drug-likeness (QED) is 0.643. The fraction of sp³-hybridized carbons (Fsp3) is 0.571. The van der Waals surface area contributed by atoms with Crippen molar-refractivity contribution in [1.82, 2.24) is 5.32 Å². The van der Waals surface area contributed by atoms with Gasteiger partial charge in [0.2, 0.25) is 5.82 Å². The van der Waals surface area contributed by atoms with Crippen LogP contribution in [0.3, 0.4) is 0 Å². The Hall–Kier alpha value is -1.53. The summed E-state index contributed by atoms with van der Waals surface area (Å²) in [6, 6.07) is 4.00. The third kappa shape index (κ3) is 3.52. The fourth-order valence-electron chi connectivity index (χ4n) is 2.59. The minimum absolute atomic E-state index is 0.302. The Bertz CT molecular complexity index is 481. The van der Waals surface area contributed by atoms with Crippen molar-refractivity contribution in [3.63, 3.8) is 0 Å². The van der Waals surface area contributed by atoms with Crippen molar-refractivity contribution in [3.05, 3.63) is 39.7 Å². The van der Waals surface area contributed by atoms with E-state index in [1.54, 1.807) is 6.07 Å². The molecular formula is C14H19FN2O3. The van der Waals surface area contributed by atoms with E-state index in [0.717, 1.165) is 26.0 Å². The molecule has 2 rings (SSSR count). The monoisotopic (exact) mass is 282 g/mol. The zero-order valence-electron chi connectivity index (χ0n) is 11.5. The van der Waals surface area contributed by atoms with Crippen molar-refractivity contribution < 1.29 is 14.1 Å². The smallest absolute Gasteiger partial charge is 0.304 e. The topological polar surface area (TPSA) is 64.4 Å². The Morgan fingerprint density at radius 1 is 1.55 bits per heavy atom. The summed E-state index contributed by atoms with van der Waals surface area (Å²) < 4.78 is 19.1. The molecule has 20 heavy (non-hydrogen) atoms. The number of rotatable bonds is 6. The first-order valence-electron chi connectivity index (χ1n) is 6.87. The van der Waals surface area contributed by atoms with Crippen LogP contribution in [0.15, 0.2) is 18.2 Å². The highest BCUT2D eigenvalue weighted by atomic mass is 19.1. The van der Waals surface area contributed by atoms with Crippen molar-refractivity contribution in [2.24, 2.45) is 5.92 Å². The highest BCUT2D eigenvalue weighted by Gasteiger charge is 2.26. The van der Waals surface area contributed by atoms with Crippen LogP contribution in [-0.2, 0) is 11.3 Å². The molecule has 0 amide bonds. The van der Waals surface area contributed by atoms with Crippen molar-refractivity contribution >= 4 is 5.69 Å². The lowest BCUT2D eigenvalue weighted by Gasteiger charge is -2.17. The van der Waals surface area contributed by atoms with Gasteiger partial charge in [-0.05, 0) is 30.4 Å². The maximum atomic E-state index is 13.5. The van der Waals surface area contributed by atoms with Gasteiger partial charge in [0, 0.05) is 25.8 Å². The van der Waals surface area contributed by atoms with Crippen LogP contribution in [-0.4, -0.2) is 24.2 Å². The molecule has 1 aliphatic heterocycles. The number of nitro groups is 1. The van der Waals surface area contributed by atoms with Gasteiger partial charge in [0.25, 0.3) is 0 Å². The summed E-state index contributed by atoms with van der Waals surface area (Å²) in [5, 5.41) is 13.8. The first kappa shape index (κ1) is 14.9. The van der Waals surface area contributed by atoms with E-state index >= 15 is 0 Å². The molecular weight excluding hydrogens is 263 g/mol. The van der Waals surface area contributed by atoms with E-state index in [1.807, 2.05) is 0 Å². The molecule has 0 saturated carbocycles. The summed E-state index contributed by atoms with van der Waals surface area (Å²) in [6.45, 7) is 4.23. The second kappa shape index (κ2) is 6.76. The number of ether oxygens (including phenoxy) is 1. The number of nitrogens with zero attached hydrogens (tertiary/aromatic N) is 1. The Kier molecular flexibility index (Phi) is 5.03. The summed E-state index contributed by atoms with van der Waals surface area (Å²) >= 11 is 0. The number of halogens is 1. The van der Waals surface area contributed by atoms with Gasteiger partial charge in [-0.2, -0.15) is 4.39 Å². The molecule has 1 aromatic rings. The van der Waals surface area contributed by atoms with E-state index in [0.29, 0.717) is 24.1 Å². The summed E-state index contributed by atoms with van der Waals surface area (Å²) in [5.74, 6) is -0.298. The zero-order chi connectivity index (χ0) is 14.5. The summed E-state index contributed by atoms with van der Waals surface area (Å²) in [6.07, 6.45) is 2.34. The van der Waals surface area contributed by atoms with Crippen LogP contribution in [0.5, 0.6) is 0 Å². The standard InChI is InChI=1S/C14H19FN2O3/c1-2-14-11(5-6-20-14)9-16-8-10-3-4-13(17(18)19)12(15)7-10/h3-4,7,11,14,16H,2,5-6,8-9H2,1H3. The van der Waals surface area contributed by atoms with Crippen LogP contribution in [0.4, 0.5) is 10.1 Å². The largest absolute Gasteiger partial charge is 0.378 e. The fourth-order valence-corrected chi connectivity index (χ4v) is 2.59. The van der Waals surface area contributed by atoms with Crippen LogP contribution >= 0.6 is 0 Å². The van der Waals surface area contributed by atoms with Crippen LogP contribution < -0.4 is 5.32 Å². The average molecular weight is 282 g/mol. The molecule has 0 radical (unpaired) electrons. The molecule has 1 heterocycles. The molecule has 0 aromatic heterocycles. The van der Waals surface area contributed by atoms with Crippen molar-refractivity contribution in [2.45, 2.75) is 32.4 Å². The molecule has 0 bridgehead atoms. The van der Waals surface area contributed by atoms with Crippen LogP contribution in [0, 0.1) is 21.8 Å². The molecule has 2 atom stereocenters. The average Bonchev–Trinajstić information content (AvgIpc) is 2.86. The van der Waals surface area contributed by atoms with E-state index in [2.05, 4.69) is 12.2 Å². The van der Waals surface area contributed by atoms with Crippen molar-refractivity contribution in [3.8, 4) is 0 Å². The lowest BCUT2D eigenvalue weighted by Crippen LogP contribution is -2.28. The minimum Gasteiger partial charge on any atom is -0.378 e. The van der Waals surface area contributed by atoms with Crippen molar-refractivity contribution in [1.29, 1.82) is 0 Å². The molecule has 0 spiro atoms. The highest BCUT2D eigenvalue weighted by Crippen LogP contribution is 2.23. The zero-order valence-corrected chi connectivity index (χ0v) is 11.5. The van der Waals surface area contributed by atoms with Gasteiger partial charge in [-0.25, -0.2) is 0 Å². The van der Waals surface area contributed by atoms with Crippen LogP contribution in [0.1, 0.15) is 25.3 Å². The number of hydrogen-bond donors (Lipinski definition) is 1. The summed E-state index contributed by atoms with van der Waals surface area (Å²) in [7, 11) is 0. The molecule has 1 fully saturated rings. The molecule has 1 saturated heterocycles. The number of nitrogens with one attached hydrogen (secondary N) is 1. The van der Waals surface area contributed by atoms with Gasteiger partial charge in [0.05, 0.1) is 11.0 Å². The van der Waals surface area contributed by atoms with E-state index in [9.17, 15) is 14.5 Å². The van der Waals surface area contributed by atoms with Gasteiger partial charge in [0.15, 0.2) is 0 Å². The molecule has 6 heteroatoms. The lowest BCUT2D eigenvalue weighted by atomic mass is 9.99. The van der Waals surface area contributed by atoms with Crippen LogP contribution in [0.2, 0.25) is 0 Å². The predicted molar refractivity (Wildman–Crippen MR) is 72.9 cm³/mol. The normalized spacial score (nSPS) is 22.1. The Morgan fingerprint density at radius 2 is 2.35 bits per heavy atom. The van der Waals surface area contributed by atoms with Gasteiger partial charge in [-0.3, -0.25) is 10.1 Å². The second-order valence-corrected chi connectivity index (χ2v) is 5.04.